The molecule has 0 bridgehead atoms. The molecule has 10 heteroatoms. The van der Waals surface area contributed by atoms with Crippen molar-refractivity contribution in [3.63, 3.8) is 0 Å². The van der Waals surface area contributed by atoms with Crippen molar-refractivity contribution in [3.8, 4) is 11.5 Å². The van der Waals surface area contributed by atoms with Gasteiger partial charge in [0, 0.05) is 12.8 Å². The zero-order chi connectivity index (χ0) is 36.4. The van der Waals surface area contributed by atoms with Crippen LogP contribution in [0.5, 0.6) is 11.5 Å². The van der Waals surface area contributed by atoms with Gasteiger partial charge in [0.1, 0.15) is 11.5 Å². The first-order valence-corrected chi connectivity index (χ1v) is 19.1. The largest absolute Gasteiger partial charge is 0.507 e. The van der Waals surface area contributed by atoms with Crippen molar-refractivity contribution in [2.45, 2.75) is 155 Å². The number of carbonyl (C=O) groups excluding carboxylic acids is 4. The van der Waals surface area contributed by atoms with Crippen molar-refractivity contribution >= 4 is 23.6 Å². The molecule has 0 fully saturated rings. The van der Waals surface area contributed by atoms with Crippen LogP contribution in [0.3, 0.4) is 0 Å². The summed E-state index contributed by atoms with van der Waals surface area (Å²) in [5.41, 5.74) is 11.5. The number of phenolic OH excluding ortho intramolecular Hbond substituents is 2. The maximum absolute atomic E-state index is 12.5. The number of rotatable bonds is 25. The quantitative estimate of drug-likeness (QED) is 0.0454. The Bertz CT molecular complexity index is 1220. The van der Waals surface area contributed by atoms with Crippen LogP contribution in [0.2, 0.25) is 0 Å². The Morgan fingerprint density at radius 2 is 0.800 bits per heavy atom. The minimum absolute atomic E-state index is 0.0240. The van der Waals surface area contributed by atoms with Gasteiger partial charge in [-0.05, 0) is 61.8 Å². The highest BCUT2D eigenvalue weighted by Gasteiger charge is 2.16. The van der Waals surface area contributed by atoms with Crippen molar-refractivity contribution in [2.24, 2.45) is 0 Å². The third-order valence-corrected chi connectivity index (χ3v) is 9.02. The molecule has 0 atom stereocenters. The number of hydrogen-bond acceptors (Lipinski definition) is 6. The number of unbranched alkanes of at least 4 members (excludes halogenated alkanes) is 15. The molecule has 0 saturated heterocycles. The van der Waals surface area contributed by atoms with E-state index >= 15 is 0 Å². The fraction of sp³-hybridized carbons (Fsp3) is 0.600. The van der Waals surface area contributed by atoms with E-state index < -0.39 is 11.8 Å². The predicted octanol–water partition coefficient (Wildman–Crippen LogP) is 8.25. The number of aryl methyl sites for hydroxylation is 2. The maximum atomic E-state index is 12.5. The van der Waals surface area contributed by atoms with Crippen molar-refractivity contribution in [1.82, 2.24) is 21.7 Å². The van der Waals surface area contributed by atoms with Crippen molar-refractivity contribution in [1.29, 1.82) is 0 Å². The van der Waals surface area contributed by atoms with E-state index in [2.05, 4.69) is 35.6 Å². The smallest absolute Gasteiger partial charge is 0.273 e. The van der Waals surface area contributed by atoms with Crippen molar-refractivity contribution < 1.29 is 29.4 Å². The number of carbonyl (C=O) groups is 4. The highest BCUT2D eigenvalue weighted by atomic mass is 16.3. The van der Waals surface area contributed by atoms with Gasteiger partial charge in [0.2, 0.25) is 11.8 Å². The topological polar surface area (TPSA) is 157 Å². The number of benzene rings is 2. The standard InChI is InChI=1S/C40H62N4O6/c1-3-5-7-13-17-23-31-25-21-27-33(37(31)47)39(49)43-41-35(45)29-19-15-11-9-10-12-16-20-30-36(46)42-44-40(50)34-28-22-26-32(38(34)48)24-18-14-8-6-4-2/h21-22,25-28,47-48H,3-20,23-24,29-30H2,1-2H3,(H,41,45)(H,42,46)(H,43,49)(H,44,50). The van der Waals surface area contributed by atoms with Crippen LogP contribution in [0.15, 0.2) is 36.4 Å². The zero-order valence-electron chi connectivity index (χ0n) is 30.5. The average Bonchev–Trinajstić information content (AvgIpc) is 3.11. The van der Waals surface area contributed by atoms with Gasteiger partial charge >= 0.3 is 0 Å². The molecular weight excluding hydrogens is 632 g/mol. The van der Waals surface area contributed by atoms with E-state index in [-0.39, 0.29) is 34.4 Å². The van der Waals surface area contributed by atoms with Crippen LogP contribution < -0.4 is 21.7 Å². The van der Waals surface area contributed by atoms with E-state index in [9.17, 15) is 29.4 Å². The van der Waals surface area contributed by atoms with Crippen LogP contribution in [-0.2, 0) is 22.4 Å². The molecule has 0 aromatic heterocycles. The summed E-state index contributed by atoms with van der Waals surface area (Å²) in [4.78, 5) is 49.5. The molecule has 6 N–H and O–H groups in total. The monoisotopic (exact) mass is 694 g/mol. The van der Waals surface area contributed by atoms with E-state index in [4.69, 9.17) is 0 Å². The van der Waals surface area contributed by atoms with Crippen LogP contribution in [-0.4, -0.2) is 33.8 Å². The number of hydrogen-bond donors (Lipinski definition) is 6. The molecule has 0 unspecified atom stereocenters. The minimum Gasteiger partial charge on any atom is -0.507 e. The summed E-state index contributed by atoms with van der Waals surface area (Å²) in [5, 5.41) is 21.1. The van der Waals surface area contributed by atoms with Gasteiger partial charge in [-0.2, -0.15) is 0 Å². The number of aromatic hydroxyl groups is 2. The molecule has 0 saturated carbocycles. The second-order valence-corrected chi connectivity index (χ2v) is 13.3. The average molecular weight is 695 g/mol. The number of para-hydroxylation sites is 2. The second-order valence-electron chi connectivity index (χ2n) is 13.3. The second kappa shape index (κ2) is 25.8. The van der Waals surface area contributed by atoms with Gasteiger partial charge in [0.15, 0.2) is 0 Å². The van der Waals surface area contributed by atoms with Crippen LogP contribution in [0.1, 0.15) is 174 Å². The minimum atomic E-state index is -0.532. The molecule has 50 heavy (non-hydrogen) atoms. The Balaban J connectivity index is 1.50. The summed E-state index contributed by atoms with van der Waals surface area (Å²) in [7, 11) is 0. The zero-order valence-corrected chi connectivity index (χ0v) is 30.5. The lowest BCUT2D eigenvalue weighted by Crippen LogP contribution is -2.41. The van der Waals surface area contributed by atoms with Gasteiger partial charge in [-0.15, -0.1) is 0 Å². The molecule has 0 heterocycles. The third kappa shape index (κ3) is 17.0. The lowest BCUT2D eigenvalue weighted by molar-refractivity contribution is -0.122. The Labute approximate surface area is 299 Å². The van der Waals surface area contributed by atoms with Crippen LogP contribution >= 0.6 is 0 Å². The molecule has 2 aromatic rings. The fourth-order valence-electron chi connectivity index (χ4n) is 5.93. The molecule has 2 rings (SSSR count). The molecule has 278 valence electrons. The SMILES string of the molecule is CCCCCCCc1cccc(C(=O)NNC(=O)CCCCCCCCCCC(=O)NNC(=O)c2cccc(CCCCCCC)c2O)c1O. The molecule has 0 spiro atoms. The van der Waals surface area contributed by atoms with Gasteiger partial charge in [0.05, 0.1) is 11.1 Å². The first-order valence-electron chi connectivity index (χ1n) is 19.1. The van der Waals surface area contributed by atoms with Gasteiger partial charge < -0.3 is 10.2 Å². The number of phenols is 2. The Morgan fingerprint density at radius 1 is 0.460 bits per heavy atom. The predicted molar refractivity (Wildman–Crippen MR) is 199 cm³/mol. The summed E-state index contributed by atoms with van der Waals surface area (Å²) in [6.07, 6.45) is 20.5. The third-order valence-electron chi connectivity index (χ3n) is 9.02. The lowest BCUT2D eigenvalue weighted by atomic mass is 10.0. The van der Waals surface area contributed by atoms with Crippen molar-refractivity contribution in [3.05, 3.63) is 58.7 Å². The van der Waals surface area contributed by atoms with E-state index in [1.54, 1.807) is 24.3 Å². The Kier molecular flexibility index (Phi) is 21.7. The number of hydrazine groups is 2. The normalized spacial score (nSPS) is 10.8. The lowest BCUT2D eigenvalue weighted by Gasteiger charge is -2.11. The molecule has 2 aromatic carbocycles. The molecular formula is C40H62N4O6. The molecule has 0 aliphatic rings. The van der Waals surface area contributed by atoms with E-state index in [1.165, 1.54) is 38.5 Å². The maximum Gasteiger partial charge on any atom is 0.273 e. The van der Waals surface area contributed by atoms with Crippen molar-refractivity contribution in [2.75, 3.05) is 0 Å². The Hall–Kier alpha value is -4.08. The Morgan fingerprint density at radius 3 is 1.18 bits per heavy atom. The summed E-state index contributed by atoms with van der Waals surface area (Å²) in [6.45, 7) is 4.34. The van der Waals surface area contributed by atoms with Gasteiger partial charge in [-0.3, -0.25) is 40.9 Å². The van der Waals surface area contributed by atoms with Crippen LogP contribution in [0.4, 0.5) is 0 Å². The highest BCUT2D eigenvalue weighted by Crippen LogP contribution is 2.25. The van der Waals surface area contributed by atoms with E-state index in [0.29, 0.717) is 38.5 Å². The van der Waals surface area contributed by atoms with E-state index in [1.807, 2.05) is 12.1 Å². The summed E-state index contributed by atoms with van der Waals surface area (Å²) < 4.78 is 0. The highest BCUT2D eigenvalue weighted by molar-refractivity contribution is 5.98. The molecule has 4 amide bonds. The molecule has 0 radical (unpaired) electrons. The first-order chi connectivity index (χ1) is 24.3. The first kappa shape index (κ1) is 42.1. The van der Waals surface area contributed by atoms with Crippen LogP contribution in [0, 0.1) is 0 Å². The molecule has 10 nitrogen and oxygen atoms in total. The number of amides is 4. The molecule has 0 aliphatic heterocycles. The number of nitrogens with one attached hydrogen (secondary N) is 4. The van der Waals surface area contributed by atoms with Gasteiger partial charge in [-0.1, -0.05) is 128 Å². The van der Waals surface area contributed by atoms with E-state index in [0.717, 1.165) is 75.3 Å². The van der Waals surface area contributed by atoms with Gasteiger partial charge in [-0.25, -0.2) is 0 Å². The fourth-order valence-corrected chi connectivity index (χ4v) is 5.93. The van der Waals surface area contributed by atoms with Gasteiger partial charge in [0.25, 0.3) is 11.8 Å². The summed E-state index contributed by atoms with van der Waals surface area (Å²) >= 11 is 0. The van der Waals surface area contributed by atoms with Crippen LogP contribution in [0.25, 0.3) is 0 Å². The molecule has 0 aliphatic carbocycles. The summed E-state index contributed by atoms with van der Waals surface area (Å²) in [5.74, 6) is -1.64. The summed E-state index contributed by atoms with van der Waals surface area (Å²) in [6, 6.07) is 10.3.